The van der Waals surface area contributed by atoms with E-state index in [1.165, 1.54) is 12.7 Å². The van der Waals surface area contributed by atoms with Gasteiger partial charge in [-0.05, 0) is 0 Å². The van der Waals surface area contributed by atoms with Gasteiger partial charge in [-0.3, -0.25) is 4.99 Å². The van der Waals surface area contributed by atoms with Gasteiger partial charge in [0.25, 0.3) is 0 Å². The van der Waals surface area contributed by atoms with Gasteiger partial charge in [-0.1, -0.05) is 12.2 Å². The zero-order valence-electron chi connectivity index (χ0n) is 5.48. The molecule has 0 amide bonds. The largest absolute Gasteiger partial charge is 0.412 e. The number of nitrogens with one attached hydrogen (secondary N) is 1. The molecule has 0 aromatic carbocycles. The second-order valence-electron chi connectivity index (χ2n) is 1.92. The highest BCUT2D eigenvalue weighted by Crippen LogP contribution is 2.05. The third kappa shape index (κ3) is 1.17. The molecule has 11 heavy (non-hydrogen) atoms. The van der Waals surface area contributed by atoms with Gasteiger partial charge >= 0.3 is 0 Å². The van der Waals surface area contributed by atoms with Gasteiger partial charge in [-0.25, -0.2) is 9.98 Å². The summed E-state index contributed by atoms with van der Waals surface area (Å²) in [5, 5.41) is 2.86. The maximum absolute atomic E-state index is 4.91. The number of amidine groups is 1. The van der Waals surface area contributed by atoms with E-state index in [1.54, 1.807) is 0 Å². The van der Waals surface area contributed by atoms with E-state index in [0.29, 0.717) is 4.99 Å². The van der Waals surface area contributed by atoms with E-state index in [0.717, 1.165) is 5.84 Å². The SMILES string of the molecule is O.S=C1N=CNC2=NC=NC12. The minimum Gasteiger partial charge on any atom is -0.412 e. The molecular weight excluding hydrogens is 164 g/mol. The van der Waals surface area contributed by atoms with E-state index in [4.69, 9.17) is 12.2 Å². The molecule has 2 aliphatic heterocycles. The molecule has 0 saturated carbocycles. The van der Waals surface area contributed by atoms with E-state index < -0.39 is 0 Å². The van der Waals surface area contributed by atoms with E-state index in [1.807, 2.05) is 0 Å². The molecule has 0 bridgehead atoms. The lowest BCUT2D eigenvalue weighted by Crippen LogP contribution is -2.39. The molecule has 2 aliphatic rings. The van der Waals surface area contributed by atoms with Crippen molar-refractivity contribution in [2.45, 2.75) is 6.04 Å². The van der Waals surface area contributed by atoms with Crippen LogP contribution in [-0.2, 0) is 0 Å². The van der Waals surface area contributed by atoms with Gasteiger partial charge in [0, 0.05) is 0 Å². The van der Waals surface area contributed by atoms with Crippen LogP contribution in [-0.4, -0.2) is 35.0 Å². The number of fused-ring (bicyclic) bond motifs is 1. The molecule has 3 N–H and O–H groups in total. The van der Waals surface area contributed by atoms with Gasteiger partial charge in [0.15, 0.2) is 6.04 Å². The first-order chi connectivity index (χ1) is 4.88. The van der Waals surface area contributed by atoms with Crippen molar-refractivity contribution in [3.63, 3.8) is 0 Å². The minimum absolute atomic E-state index is 0. The summed E-state index contributed by atoms with van der Waals surface area (Å²) in [6, 6.07) is -0.125. The smallest absolute Gasteiger partial charge is 0.162 e. The number of nitrogens with zero attached hydrogens (tertiary/aromatic N) is 3. The summed E-state index contributed by atoms with van der Waals surface area (Å²) >= 11 is 4.91. The van der Waals surface area contributed by atoms with Crippen molar-refractivity contribution in [1.29, 1.82) is 0 Å². The number of rotatable bonds is 0. The van der Waals surface area contributed by atoms with Crippen molar-refractivity contribution in [2.75, 3.05) is 0 Å². The van der Waals surface area contributed by atoms with Crippen molar-refractivity contribution in [1.82, 2.24) is 5.32 Å². The first kappa shape index (κ1) is 7.96. The minimum atomic E-state index is -0.125. The summed E-state index contributed by atoms with van der Waals surface area (Å²) in [6.45, 7) is 0. The third-order valence-corrected chi connectivity index (χ3v) is 1.64. The quantitative estimate of drug-likeness (QED) is 0.470. The average Bonchev–Trinajstić information content (AvgIpc) is 2.36. The third-order valence-electron chi connectivity index (χ3n) is 1.31. The lowest BCUT2D eigenvalue weighted by Gasteiger charge is -2.12. The Hall–Kier alpha value is -1.14. The van der Waals surface area contributed by atoms with Crippen LogP contribution in [0.5, 0.6) is 0 Å². The molecule has 0 saturated heterocycles. The predicted octanol–water partition coefficient (Wildman–Crippen LogP) is -1.07. The highest BCUT2D eigenvalue weighted by atomic mass is 32.1. The second kappa shape index (κ2) is 2.85. The average molecular weight is 170 g/mol. The van der Waals surface area contributed by atoms with Crippen LogP contribution < -0.4 is 5.32 Å². The molecule has 2 heterocycles. The molecule has 2 rings (SSSR count). The standard InChI is InChI=1S/C5H4N4S.H2O/c10-5-3-4(7-1-6-3)8-2-9-5;/h1-3H,(H,6,7,8,9,10);1H2. The Kier molecular flexibility index (Phi) is 2.06. The molecule has 0 aliphatic carbocycles. The molecule has 58 valence electrons. The van der Waals surface area contributed by atoms with Crippen molar-refractivity contribution < 1.29 is 5.48 Å². The van der Waals surface area contributed by atoms with Crippen LogP contribution in [0.15, 0.2) is 15.0 Å². The van der Waals surface area contributed by atoms with E-state index in [9.17, 15) is 0 Å². The Bertz CT molecular complexity index is 270. The predicted molar refractivity (Wildman–Crippen MR) is 47.6 cm³/mol. The topological polar surface area (TPSA) is 80.6 Å². The number of hydrogen-bond acceptors (Lipinski definition) is 4. The van der Waals surface area contributed by atoms with Crippen molar-refractivity contribution in [3.8, 4) is 0 Å². The van der Waals surface area contributed by atoms with Crippen LogP contribution >= 0.6 is 12.2 Å². The van der Waals surface area contributed by atoms with Crippen LogP contribution in [0.1, 0.15) is 0 Å². The molecule has 0 aromatic heterocycles. The van der Waals surface area contributed by atoms with Crippen LogP contribution in [0.2, 0.25) is 0 Å². The Morgan fingerprint density at radius 2 is 2.36 bits per heavy atom. The fraction of sp³-hybridized carbons (Fsp3) is 0.200. The van der Waals surface area contributed by atoms with E-state index in [-0.39, 0.29) is 11.5 Å². The summed E-state index contributed by atoms with van der Waals surface area (Å²) in [5.74, 6) is 0.778. The molecule has 1 atom stereocenters. The fourth-order valence-corrected chi connectivity index (χ4v) is 1.06. The molecule has 0 fully saturated rings. The van der Waals surface area contributed by atoms with Gasteiger partial charge in [-0.2, -0.15) is 0 Å². The van der Waals surface area contributed by atoms with Crippen LogP contribution in [0.25, 0.3) is 0 Å². The van der Waals surface area contributed by atoms with Crippen molar-refractivity contribution in [3.05, 3.63) is 0 Å². The van der Waals surface area contributed by atoms with Crippen molar-refractivity contribution >= 4 is 35.7 Å². The number of thiocarbonyl (C=S) groups is 1. The van der Waals surface area contributed by atoms with Crippen LogP contribution in [0.4, 0.5) is 0 Å². The van der Waals surface area contributed by atoms with E-state index in [2.05, 4.69) is 20.3 Å². The lowest BCUT2D eigenvalue weighted by atomic mass is 10.3. The summed E-state index contributed by atoms with van der Waals surface area (Å²) in [7, 11) is 0. The van der Waals surface area contributed by atoms with E-state index >= 15 is 0 Å². The van der Waals surface area contributed by atoms with Gasteiger partial charge < -0.3 is 10.8 Å². The molecule has 1 unspecified atom stereocenters. The highest BCUT2D eigenvalue weighted by molar-refractivity contribution is 7.80. The first-order valence-corrected chi connectivity index (χ1v) is 3.21. The zero-order chi connectivity index (χ0) is 6.97. The summed E-state index contributed by atoms with van der Waals surface area (Å²) in [6.07, 6.45) is 3.03. The highest BCUT2D eigenvalue weighted by Gasteiger charge is 2.24. The Morgan fingerprint density at radius 1 is 1.55 bits per heavy atom. The molecular formula is C5H6N4OS. The lowest BCUT2D eigenvalue weighted by molar-refractivity contribution is 0.824. The first-order valence-electron chi connectivity index (χ1n) is 2.80. The molecule has 5 nitrogen and oxygen atoms in total. The van der Waals surface area contributed by atoms with Crippen molar-refractivity contribution in [2.24, 2.45) is 15.0 Å². The monoisotopic (exact) mass is 170 g/mol. The fourth-order valence-electron chi connectivity index (χ4n) is 0.833. The second-order valence-corrected chi connectivity index (χ2v) is 2.34. The summed E-state index contributed by atoms with van der Waals surface area (Å²) in [4.78, 5) is 12.4. The van der Waals surface area contributed by atoms with Gasteiger partial charge in [0.1, 0.15) is 17.2 Å². The van der Waals surface area contributed by atoms with Gasteiger partial charge in [0.2, 0.25) is 0 Å². The maximum atomic E-state index is 4.91. The van der Waals surface area contributed by atoms with Gasteiger partial charge in [-0.15, -0.1) is 0 Å². The molecule has 0 radical (unpaired) electrons. The summed E-state index contributed by atoms with van der Waals surface area (Å²) < 4.78 is 0. The molecule has 0 spiro atoms. The van der Waals surface area contributed by atoms with Gasteiger partial charge in [0.05, 0.1) is 6.34 Å². The Morgan fingerprint density at radius 3 is 3.09 bits per heavy atom. The van der Waals surface area contributed by atoms with Crippen LogP contribution in [0.3, 0.4) is 0 Å². The van der Waals surface area contributed by atoms with Crippen LogP contribution in [0, 0.1) is 0 Å². The maximum Gasteiger partial charge on any atom is 0.162 e. The molecule has 6 heteroatoms. The summed E-state index contributed by atoms with van der Waals surface area (Å²) in [5.41, 5.74) is 0. The molecule has 0 aromatic rings. The Labute approximate surface area is 68.3 Å². The zero-order valence-corrected chi connectivity index (χ0v) is 6.30. The number of aliphatic imine (C=N–C) groups is 3. The Balaban J connectivity index is 0.000000605. The number of hydrogen-bond donors (Lipinski definition) is 1. The normalized spacial score (nSPS) is 25.3.